The second-order valence-electron chi connectivity index (χ2n) is 9.17. The van der Waals surface area contributed by atoms with Gasteiger partial charge in [-0.2, -0.15) is 10.2 Å². The fraction of sp³-hybridized carbons (Fsp3) is 0.455. The standard InChI is InChI=1S/C22H26Cl2N8O/c1-22(25)8-4-5-11(9-22)31(2)21-14(10-33)26-18-17(28-29-20(18)27-21)12-6-7-13-15(16(12)23)19(24)32(3)30-13/h6-7,11,33H,4-5,8-10,25H2,1-3H3,(H,27,28,29)/t11-,22-/m1/s1. The minimum Gasteiger partial charge on any atom is -0.390 e. The van der Waals surface area contributed by atoms with E-state index in [1.165, 1.54) is 0 Å². The molecule has 4 aromatic rings. The number of nitrogens with one attached hydrogen (secondary N) is 1. The SMILES string of the molecule is CN(c1nc2n[nH]c(-c3ccc4nn(C)c(Cl)c4c3Cl)c2nc1CO)[C@@H]1CCC[C@@](C)(N)C1. The van der Waals surface area contributed by atoms with Crippen LogP contribution < -0.4 is 10.6 Å². The van der Waals surface area contributed by atoms with Gasteiger partial charge in [-0.15, -0.1) is 0 Å². The van der Waals surface area contributed by atoms with E-state index in [2.05, 4.69) is 27.1 Å². The van der Waals surface area contributed by atoms with E-state index in [4.69, 9.17) is 38.9 Å². The Morgan fingerprint density at radius 3 is 2.85 bits per heavy atom. The fourth-order valence-electron chi connectivity index (χ4n) is 4.83. The van der Waals surface area contributed by atoms with E-state index in [9.17, 15) is 5.11 Å². The molecule has 3 aromatic heterocycles. The summed E-state index contributed by atoms with van der Waals surface area (Å²) in [7, 11) is 3.74. The van der Waals surface area contributed by atoms with Crippen LogP contribution in [0.15, 0.2) is 12.1 Å². The molecule has 0 amide bonds. The largest absolute Gasteiger partial charge is 0.390 e. The first kappa shape index (κ1) is 22.3. The first-order chi connectivity index (χ1) is 15.7. The predicted molar refractivity (Wildman–Crippen MR) is 131 cm³/mol. The van der Waals surface area contributed by atoms with Gasteiger partial charge < -0.3 is 15.7 Å². The quantitative estimate of drug-likeness (QED) is 0.399. The molecule has 1 aliphatic carbocycles. The number of anilines is 1. The molecule has 0 bridgehead atoms. The van der Waals surface area contributed by atoms with E-state index in [0.717, 1.165) is 25.7 Å². The second-order valence-corrected chi connectivity index (χ2v) is 9.91. The number of benzene rings is 1. The molecule has 1 aliphatic rings. The smallest absolute Gasteiger partial charge is 0.202 e. The summed E-state index contributed by atoms with van der Waals surface area (Å²) in [5.74, 6) is 0.614. The molecular formula is C22H26Cl2N8O. The van der Waals surface area contributed by atoms with Crippen molar-refractivity contribution < 1.29 is 5.11 Å². The third kappa shape index (κ3) is 3.73. The highest BCUT2D eigenvalue weighted by molar-refractivity contribution is 6.43. The van der Waals surface area contributed by atoms with Crippen LogP contribution in [0.25, 0.3) is 33.3 Å². The van der Waals surface area contributed by atoms with Crippen LogP contribution in [-0.4, -0.2) is 53.7 Å². The molecule has 1 fully saturated rings. The first-order valence-corrected chi connectivity index (χ1v) is 11.6. The molecule has 0 unspecified atom stereocenters. The van der Waals surface area contributed by atoms with Crippen LogP contribution in [0.2, 0.25) is 10.2 Å². The summed E-state index contributed by atoms with van der Waals surface area (Å²) in [6.45, 7) is 1.84. The Labute approximate surface area is 200 Å². The van der Waals surface area contributed by atoms with Crippen LogP contribution in [-0.2, 0) is 13.7 Å². The molecular weight excluding hydrogens is 463 g/mol. The van der Waals surface area contributed by atoms with E-state index in [-0.39, 0.29) is 18.2 Å². The molecule has 2 atom stereocenters. The highest BCUT2D eigenvalue weighted by atomic mass is 35.5. The summed E-state index contributed by atoms with van der Waals surface area (Å²) >= 11 is 13.1. The summed E-state index contributed by atoms with van der Waals surface area (Å²) in [6, 6.07) is 3.92. The monoisotopic (exact) mass is 488 g/mol. The molecule has 33 heavy (non-hydrogen) atoms. The number of halogens is 2. The van der Waals surface area contributed by atoms with Crippen molar-refractivity contribution >= 4 is 51.1 Å². The van der Waals surface area contributed by atoms with Gasteiger partial charge in [-0.05, 0) is 44.7 Å². The Kier molecular flexibility index (Phi) is 5.48. The molecule has 9 nitrogen and oxygen atoms in total. The topological polar surface area (TPSA) is 122 Å². The lowest BCUT2D eigenvalue weighted by Gasteiger charge is -2.40. The molecule has 174 valence electrons. The van der Waals surface area contributed by atoms with E-state index in [1.54, 1.807) is 11.7 Å². The van der Waals surface area contributed by atoms with Gasteiger partial charge >= 0.3 is 0 Å². The molecule has 4 N–H and O–H groups in total. The van der Waals surface area contributed by atoms with Gasteiger partial charge in [-0.1, -0.05) is 23.2 Å². The van der Waals surface area contributed by atoms with Crippen LogP contribution in [0.3, 0.4) is 0 Å². The summed E-state index contributed by atoms with van der Waals surface area (Å²) in [5, 5.41) is 23.5. The maximum Gasteiger partial charge on any atom is 0.202 e. The third-order valence-corrected chi connectivity index (χ3v) is 7.42. The number of aryl methyl sites for hydroxylation is 1. The van der Waals surface area contributed by atoms with Crippen molar-refractivity contribution in [2.75, 3.05) is 11.9 Å². The van der Waals surface area contributed by atoms with E-state index < -0.39 is 0 Å². The summed E-state index contributed by atoms with van der Waals surface area (Å²) in [6.07, 6.45) is 3.92. The molecule has 3 heterocycles. The number of aromatic amines is 1. The molecule has 1 saturated carbocycles. The van der Waals surface area contributed by atoms with E-state index >= 15 is 0 Å². The average molecular weight is 489 g/mol. The maximum atomic E-state index is 10.1. The van der Waals surface area contributed by atoms with Crippen LogP contribution in [0, 0.1) is 0 Å². The highest BCUT2D eigenvalue weighted by Gasteiger charge is 2.32. The summed E-state index contributed by atoms with van der Waals surface area (Å²) in [4.78, 5) is 11.6. The zero-order valence-corrected chi connectivity index (χ0v) is 20.2. The normalized spacial score (nSPS) is 21.2. The summed E-state index contributed by atoms with van der Waals surface area (Å²) in [5.41, 5.74) is 9.67. The van der Waals surface area contributed by atoms with Crippen molar-refractivity contribution in [1.82, 2.24) is 29.9 Å². The van der Waals surface area contributed by atoms with Crippen LogP contribution >= 0.6 is 23.2 Å². The number of nitrogens with zero attached hydrogens (tertiary/aromatic N) is 6. The number of aliphatic hydroxyl groups excluding tert-OH is 1. The van der Waals surface area contributed by atoms with Crippen molar-refractivity contribution in [3.63, 3.8) is 0 Å². The van der Waals surface area contributed by atoms with E-state index in [1.807, 2.05) is 19.2 Å². The van der Waals surface area contributed by atoms with Gasteiger partial charge in [-0.3, -0.25) is 9.78 Å². The Morgan fingerprint density at radius 1 is 1.33 bits per heavy atom. The van der Waals surface area contributed by atoms with Gasteiger partial charge in [0.05, 0.1) is 28.2 Å². The third-order valence-electron chi connectivity index (χ3n) is 6.60. The Morgan fingerprint density at radius 2 is 2.12 bits per heavy atom. The van der Waals surface area contributed by atoms with Crippen LogP contribution in [0.1, 0.15) is 38.3 Å². The lowest BCUT2D eigenvalue weighted by molar-refractivity contribution is 0.272. The van der Waals surface area contributed by atoms with Gasteiger partial charge in [0.1, 0.15) is 16.4 Å². The lowest BCUT2D eigenvalue weighted by Crippen LogP contribution is -2.48. The van der Waals surface area contributed by atoms with Crippen molar-refractivity contribution in [1.29, 1.82) is 0 Å². The molecule has 0 aliphatic heterocycles. The van der Waals surface area contributed by atoms with Gasteiger partial charge in [0.2, 0.25) is 5.65 Å². The number of nitrogens with two attached hydrogens (primary N) is 1. The zero-order valence-electron chi connectivity index (χ0n) is 18.7. The van der Waals surface area contributed by atoms with Gasteiger partial charge in [0, 0.05) is 31.2 Å². The van der Waals surface area contributed by atoms with Crippen LogP contribution in [0.5, 0.6) is 0 Å². The maximum absolute atomic E-state index is 10.1. The minimum atomic E-state index is -0.249. The Bertz CT molecular complexity index is 1360. The molecule has 11 heteroatoms. The fourth-order valence-corrected chi connectivity index (χ4v) is 5.45. The average Bonchev–Trinajstić information content (AvgIpc) is 3.32. The highest BCUT2D eigenvalue weighted by Crippen LogP contribution is 2.39. The van der Waals surface area contributed by atoms with Gasteiger partial charge in [-0.25, -0.2) is 9.97 Å². The lowest BCUT2D eigenvalue weighted by atomic mass is 9.80. The Hall–Kier alpha value is -2.46. The summed E-state index contributed by atoms with van der Waals surface area (Å²) < 4.78 is 1.58. The number of aliphatic hydroxyl groups is 1. The van der Waals surface area contributed by atoms with Gasteiger partial charge in [0.15, 0.2) is 5.82 Å². The number of H-pyrrole nitrogens is 1. The Balaban J connectivity index is 1.60. The molecule has 0 spiro atoms. The first-order valence-electron chi connectivity index (χ1n) is 10.9. The number of hydrogen-bond donors (Lipinski definition) is 3. The van der Waals surface area contributed by atoms with Crippen molar-refractivity contribution in [3.05, 3.63) is 28.0 Å². The zero-order chi connectivity index (χ0) is 23.5. The number of hydrogen-bond acceptors (Lipinski definition) is 7. The van der Waals surface area contributed by atoms with E-state index in [0.29, 0.717) is 55.0 Å². The van der Waals surface area contributed by atoms with Crippen LogP contribution in [0.4, 0.5) is 5.82 Å². The second kappa shape index (κ2) is 8.09. The molecule has 1 aromatic carbocycles. The number of aromatic nitrogens is 6. The molecule has 0 radical (unpaired) electrons. The van der Waals surface area contributed by atoms with Crippen molar-refractivity contribution in [2.45, 2.75) is 50.8 Å². The molecule has 5 rings (SSSR count). The van der Waals surface area contributed by atoms with Crippen molar-refractivity contribution in [3.8, 4) is 11.3 Å². The van der Waals surface area contributed by atoms with Gasteiger partial charge in [0.25, 0.3) is 0 Å². The minimum absolute atomic E-state index is 0.212. The number of fused-ring (bicyclic) bond motifs is 2. The van der Waals surface area contributed by atoms with Crippen molar-refractivity contribution in [2.24, 2.45) is 12.8 Å². The molecule has 0 saturated heterocycles. The predicted octanol–water partition coefficient (Wildman–Crippen LogP) is 3.80. The number of rotatable bonds is 4.